The summed E-state index contributed by atoms with van der Waals surface area (Å²) < 4.78 is 5.48. The number of carboxylic acid groups (broad SMARTS) is 1. The molecule has 1 heterocycles. The molecule has 0 amide bonds. The summed E-state index contributed by atoms with van der Waals surface area (Å²) in [6.07, 6.45) is 1.40. The van der Waals surface area contributed by atoms with Crippen molar-refractivity contribution in [2.75, 3.05) is 6.61 Å². The molecular formula is C18H19NO3. The van der Waals surface area contributed by atoms with Crippen molar-refractivity contribution >= 4 is 5.97 Å². The number of nitrogens with one attached hydrogen (secondary N) is 1. The molecule has 0 saturated heterocycles. The zero-order valence-corrected chi connectivity index (χ0v) is 12.3. The van der Waals surface area contributed by atoms with E-state index in [0.29, 0.717) is 13.0 Å². The van der Waals surface area contributed by atoms with Gasteiger partial charge in [0.15, 0.2) is 0 Å². The molecule has 0 spiro atoms. The molecule has 2 aromatic rings. The lowest BCUT2D eigenvalue weighted by molar-refractivity contribution is -0.139. The molecule has 0 aliphatic carbocycles. The minimum absolute atomic E-state index is 0.476. The van der Waals surface area contributed by atoms with Crippen molar-refractivity contribution in [2.45, 2.75) is 25.4 Å². The standard InChI is InChI=1S/C18H19NO3/c20-18(21)16(11-13-4-2-1-3-5-13)19-12-14-6-7-17-15(10-14)8-9-22-17/h1-7,10,16,19H,8-9,11-12H2,(H,20,21)/t16-/m0/s1. The molecular weight excluding hydrogens is 278 g/mol. The molecule has 0 aromatic heterocycles. The van der Waals surface area contributed by atoms with E-state index in [4.69, 9.17) is 4.74 Å². The molecule has 3 rings (SSSR count). The predicted octanol–water partition coefficient (Wildman–Crippen LogP) is 2.41. The van der Waals surface area contributed by atoms with Crippen LogP contribution < -0.4 is 10.1 Å². The second-order valence-electron chi connectivity index (χ2n) is 5.50. The third-order valence-corrected chi connectivity index (χ3v) is 3.89. The second-order valence-corrected chi connectivity index (χ2v) is 5.50. The Morgan fingerprint density at radius 1 is 1.18 bits per heavy atom. The Kier molecular flexibility index (Phi) is 4.39. The van der Waals surface area contributed by atoms with E-state index in [1.807, 2.05) is 42.5 Å². The highest BCUT2D eigenvalue weighted by molar-refractivity contribution is 5.73. The van der Waals surface area contributed by atoms with Gasteiger partial charge in [-0.25, -0.2) is 0 Å². The number of aliphatic carboxylic acids is 1. The van der Waals surface area contributed by atoms with E-state index in [1.54, 1.807) is 0 Å². The van der Waals surface area contributed by atoms with Crippen molar-refractivity contribution in [1.82, 2.24) is 5.32 Å². The Morgan fingerprint density at radius 3 is 2.77 bits per heavy atom. The lowest BCUT2D eigenvalue weighted by atomic mass is 10.0. The molecule has 0 bridgehead atoms. The van der Waals surface area contributed by atoms with Gasteiger partial charge in [0.2, 0.25) is 0 Å². The summed E-state index contributed by atoms with van der Waals surface area (Å²) in [6.45, 7) is 1.27. The molecule has 0 unspecified atom stereocenters. The average molecular weight is 297 g/mol. The fraction of sp³-hybridized carbons (Fsp3) is 0.278. The van der Waals surface area contributed by atoms with Crippen LogP contribution in [0.1, 0.15) is 16.7 Å². The molecule has 0 radical (unpaired) electrons. The molecule has 114 valence electrons. The van der Waals surface area contributed by atoms with E-state index < -0.39 is 12.0 Å². The highest BCUT2D eigenvalue weighted by atomic mass is 16.5. The molecule has 1 atom stereocenters. The minimum Gasteiger partial charge on any atom is -0.493 e. The second kappa shape index (κ2) is 6.62. The number of hydrogen-bond acceptors (Lipinski definition) is 3. The number of rotatable bonds is 6. The molecule has 2 aromatic carbocycles. The Bertz CT molecular complexity index is 655. The van der Waals surface area contributed by atoms with Gasteiger partial charge in [0, 0.05) is 13.0 Å². The summed E-state index contributed by atoms with van der Waals surface area (Å²) in [5.41, 5.74) is 3.31. The van der Waals surface area contributed by atoms with E-state index in [2.05, 4.69) is 11.4 Å². The quantitative estimate of drug-likeness (QED) is 0.859. The van der Waals surface area contributed by atoms with Crippen molar-refractivity contribution in [3.63, 3.8) is 0 Å². The maximum atomic E-state index is 11.4. The van der Waals surface area contributed by atoms with Crippen LogP contribution in [0.5, 0.6) is 5.75 Å². The number of ether oxygens (including phenoxy) is 1. The van der Waals surface area contributed by atoms with Crippen LogP contribution in [0, 0.1) is 0 Å². The predicted molar refractivity (Wildman–Crippen MR) is 84.1 cm³/mol. The van der Waals surface area contributed by atoms with Gasteiger partial charge >= 0.3 is 5.97 Å². The van der Waals surface area contributed by atoms with Crippen LogP contribution in [0.15, 0.2) is 48.5 Å². The largest absolute Gasteiger partial charge is 0.493 e. The van der Waals surface area contributed by atoms with E-state index in [9.17, 15) is 9.90 Å². The third-order valence-electron chi connectivity index (χ3n) is 3.89. The lowest BCUT2D eigenvalue weighted by Gasteiger charge is -2.15. The number of hydrogen-bond donors (Lipinski definition) is 2. The summed E-state index contributed by atoms with van der Waals surface area (Å²) in [6, 6.07) is 15.1. The summed E-state index contributed by atoms with van der Waals surface area (Å²) in [7, 11) is 0. The molecule has 1 aliphatic heterocycles. The van der Waals surface area contributed by atoms with E-state index in [-0.39, 0.29) is 0 Å². The normalized spacial score (nSPS) is 14.2. The molecule has 0 fully saturated rings. The van der Waals surface area contributed by atoms with Gasteiger partial charge in [-0.15, -0.1) is 0 Å². The molecule has 22 heavy (non-hydrogen) atoms. The lowest BCUT2D eigenvalue weighted by Crippen LogP contribution is -2.38. The van der Waals surface area contributed by atoms with Crippen LogP contribution in [-0.4, -0.2) is 23.7 Å². The first-order valence-electron chi connectivity index (χ1n) is 7.47. The van der Waals surface area contributed by atoms with E-state index in [0.717, 1.165) is 29.9 Å². The van der Waals surface area contributed by atoms with Gasteiger partial charge in [-0.3, -0.25) is 4.79 Å². The molecule has 4 nitrogen and oxygen atoms in total. The third kappa shape index (κ3) is 3.46. The highest BCUT2D eigenvalue weighted by Crippen LogP contribution is 2.25. The van der Waals surface area contributed by atoms with E-state index in [1.165, 1.54) is 5.56 Å². The molecule has 2 N–H and O–H groups in total. The van der Waals surface area contributed by atoms with Crippen molar-refractivity contribution in [3.8, 4) is 5.75 Å². The van der Waals surface area contributed by atoms with Gasteiger partial charge in [-0.05, 0) is 29.2 Å². The van der Waals surface area contributed by atoms with Gasteiger partial charge < -0.3 is 15.2 Å². The van der Waals surface area contributed by atoms with Gasteiger partial charge in [0.25, 0.3) is 0 Å². The van der Waals surface area contributed by atoms with Crippen LogP contribution in [0.4, 0.5) is 0 Å². The number of carbonyl (C=O) groups is 1. The van der Waals surface area contributed by atoms with E-state index >= 15 is 0 Å². The van der Waals surface area contributed by atoms with Gasteiger partial charge in [-0.2, -0.15) is 0 Å². The monoisotopic (exact) mass is 297 g/mol. The van der Waals surface area contributed by atoms with Crippen molar-refractivity contribution in [1.29, 1.82) is 0 Å². The van der Waals surface area contributed by atoms with Crippen LogP contribution >= 0.6 is 0 Å². The Labute approximate surface area is 129 Å². The molecule has 1 aliphatic rings. The van der Waals surface area contributed by atoms with Gasteiger partial charge in [-0.1, -0.05) is 42.5 Å². The first-order valence-corrected chi connectivity index (χ1v) is 7.47. The summed E-state index contributed by atoms with van der Waals surface area (Å²) >= 11 is 0. The first kappa shape index (κ1) is 14.6. The number of fused-ring (bicyclic) bond motifs is 1. The van der Waals surface area contributed by atoms with Crippen LogP contribution in [-0.2, 0) is 24.2 Å². The Balaban J connectivity index is 1.63. The average Bonchev–Trinajstić information content (AvgIpc) is 2.99. The van der Waals surface area contributed by atoms with Crippen molar-refractivity contribution in [3.05, 3.63) is 65.2 Å². The van der Waals surface area contributed by atoms with Crippen LogP contribution in [0.25, 0.3) is 0 Å². The maximum Gasteiger partial charge on any atom is 0.321 e. The minimum atomic E-state index is -0.826. The smallest absolute Gasteiger partial charge is 0.321 e. The fourth-order valence-electron chi connectivity index (χ4n) is 2.69. The summed E-state index contributed by atoms with van der Waals surface area (Å²) in [4.78, 5) is 11.4. The zero-order chi connectivity index (χ0) is 15.4. The molecule has 0 saturated carbocycles. The topological polar surface area (TPSA) is 58.6 Å². The van der Waals surface area contributed by atoms with Crippen LogP contribution in [0.2, 0.25) is 0 Å². The highest BCUT2D eigenvalue weighted by Gasteiger charge is 2.18. The van der Waals surface area contributed by atoms with Crippen LogP contribution in [0.3, 0.4) is 0 Å². The Hall–Kier alpha value is -2.33. The summed E-state index contributed by atoms with van der Waals surface area (Å²) in [5.74, 6) is 0.121. The van der Waals surface area contributed by atoms with Gasteiger partial charge in [0.1, 0.15) is 11.8 Å². The SMILES string of the molecule is O=C(O)[C@H](Cc1ccccc1)NCc1ccc2c(c1)CCO2. The Morgan fingerprint density at radius 2 is 2.00 bits per heavy atom. The number of benzene rings is 2. The van der Waals surface area contributed by atoms with Crippen molar-refractivity contribution < 1.29 is 14.6 Å². The maximum absolute atomic E-state index is 11.4. The summed E-state index contributed by atoms with van der Waals surface area (Å²) in [5, 5.41) is 12.5. The molecule has 4 heteroatoms. The van der Waals surface area contributed by atoms with Gasteiger partial charge in [0.05, 0.1) is 6.61 Å². The number of carboxylic acids is 1. The fourth-order valence-corrected chi connectivity index (χ4v) is 2.69. The first-order chi connectivity index (χ1) is 10.7. The zero-order valence-electron chi connectivity index (χ0n) is 12.3. The van der Waals surface area contributed by atoms with Crippen molar-refractivity contribution in [2.24, 2.45) is 0 Å².